The molecule has 0 aliphatic heterocycles. The number of unbranched alkanes of at least 4 members (excludes halogenated alkanes) is 36. The Labute approximate surface area is 402 Å². The van der Waals surface area contributed by atoms with Crippen LogP contribution in [0.2, 0.25) is 0 Å². The van der Waals surface area contributed by atoms with Gasteiger partial charge in [-0.2, -0.15) is 0 Å². The average Bonchev–Trinajstić information content (AvgIpc) is 3.30. The first kappa shape index (κ1) is 63.5. The van der Waals surface area contributed by atoms with Crippen LogP contribution in [0.1, 0.15) is 284 Å². The van der Waals surface area contributed by atoms with Gasteiger partial charge in [-0.05, 0) is 44.9 Å². The lowest BCUT2D eigenvalue weighted by Gasteiger charge is -2.19. The van der Waals surface area contributed by atoms with Crippen molar-refractivity contribution >= 4 is 19.8 Å². The van der Waals surface area contributed by atoms with Gasteiger partial charge in [0.15, 0.2) is 6.10 Å². The van der Waals surface area contributed by atoms with Gasteiger partial charge in [0.05, 0.1) is 13.2 Å². The van der Waals surface area contributed by atoms with Crippen molar-refractivity contribution < 1.29 is 37.6 Å². The highest BCUT2D eigenvalue weighted by Crippen LogP contribution is 2.43. The number of nitrogens with two attached hydrogens (primary N) is 1. The standard InChI is InChI=1S/C55H106NO8P/c1-3-5-7-9-11-13-15-17-19-21-22-23-24-25-26-27-28-29-30-32-33-35-37-39-41-43-45-47-54(57)61-51-53(52-63-65(59,60)62-50-49-56)64-55(58)48-46-44-42-40-38-36-34-31-20-18-16-14-12-10-8-6-4-2/h12,14,18,20,53H,3-11,13,15-17,19,21-52,56H2,1-2H3,(H,59,60)/b14-12-,20-18-. The van der Waals surface area contributed by atoms with Crippen LogP contribution in [0.3, 0.4) is 0 Å². The molecule has 0 aromatic rings. The second-order valence-corrected chi connectivity index (χ2v) is 20.3. The molecule has 0 saturated carbocycles. The molecule has 0 radical (unpaired) electrons. The molecule has 65 heavy (non-hydrogen) atoms. The zero-order valence-electron chi connectivity index (χ0n) is 42.7. The molecular formula is C55H106NO8P. The summed E-state index contributed by atoms with van der Waals surface area (Å²) in [5.41, 5.74) is 5.37. The maximum absolute atomic E-state index is 12.6. The molecular weight excluding hydrogens is 834 g/mol. The van der Waals surface area contributed by atoms with Crippen molar-refractivity contribution in [2.75, 3.05) is 26.4 Å². The summed E-state index contributed by atoms with van der Waals surface area (Å²) >= 11 is 0. The number of allylic oxidation sites excluding steroid dienone is 4. The minimum Gasteiger partial charge on any atom is -0.462 e. The zero-order chi connectivity index (χ0) is 47.4. The minimum atomic E-state index is -4.38. The van der Waals surface area contributed by atoms with Gasteiger partial charge < -0.3 is 20.1 Å². The molecule has 0 aliphatic carbocycles. The maximum Gasteiger partial charge on any atom is 0.472 e. The third-order valence-corrected chi connectivity index (χ3v) is 13.3. The number of hydrogen-bond acceptors (Lipinski definition) is 8. The number of rotatable bonds is 53. The number of esters is 2. The van der Waals surface area contributed by atoms with Crippen LogP contribution < -0.4 is 5.73 Å². The molecule has 0 aromatic carbocycles. The predicted octanol–water partition coefficient (Wildman–Crippen LogP) is 17.1. The number of phosphoric acid groups is 1. The van der Waals surface area contributed by atoms with Crippen LogP contribution in [0.4, 0.5) is 0 Å². The second kappa shape index (κ2) is 51.9. The summed E-state index contributed by atoms with van der Waals surface area (Å²) in [6.45, 7) is 3.75. The van der Waals surface area contributed by atoms with Crippen LogP contribution in [-0.4, -0.2) is 49.3 Å². The van der Waals surface area contributed by atoms with Crippen LogP contribution in [0.5, 0.6) is 0 Å². The summed E-state index contributed by atoms with van der Waals surface area (Å²) in [6.07, 6.45) is 59.5. The molecule has 0 fully saturated rings. The van der Waals surface area contributed by atoms with Crippen molar-refractivity contribution in [3.8, 4) is 0 Å². The lowest BCUT2D eigenvalue weighted by atomic mass is 10.0. The van der Waals surface area contributed by atoms with E-state index in [1.165, 1.54) is 199 Å². The zero-order valence-corrected chi connectivity index (χ0v) is 43.6. The molecule has 0 spiro atoms. The molecule has 0 saturated heterocycles. The fourth-order valence-corrected chi connectivity index (χ4v) is 8.96. The van der Waals surface area contributed by atoms with E-state index in [0.717, 1.165) is 51.4 Å². The van der Waals surface area contributed by atoms with E-state index in [1.54, 1.807) is 0 Å². The van der Waals surface area contributed by atoms with Crippen LogP contribution >= 0.6 is 7.82 Å². The summed E-state index contributed by atoms with van der Waals surface area (Å²) in [7, 11) is -4.38. The molecule has 0 heterocycles. The van der Waals surface area contributed by atoms with Gasteiger partial charge in [-0.15, -0.1) is 0 Å². The van der Waals surface area contributed by atoms with Gasteiger partial charge in [-0.1, -0.05) is 250 Å². The Bertz CT molecular complexity index is 1120. The average molecular weight is 940 g/mol. The van der Waals surface area contributed by atoms with E-state index in [0.29, 0.717) is 6.42 Å². The molecule has 3 N–H and O–H groups in total. The number of ether oxygens (including phenoxy) is 2. The van der Waals surface area contributed by atoms with Crippen molar-refractivity contribution in [3.63, 3.8) is 0 Å². The Morgan fingerprint density at radius 2 is 0.800 bits per heavy atom. The molecule has 384 valence electrons. The van der Waals surface area contributed by atoms with Crippen molar-refractivity contribution in [2.24, 2.45) is 5.73 Å². The number of carbonyl (C=O) groups is 2. The van der Waals surface area contributed by atoms with Crippen molar-refractivity contribution in [1.82, 2.24) is 0 Å². The van der Waals surface area contributed by atoms with Gasteiger partial charge in [0.25, 0.3) is 0 Å². The molecule has 0 aliphatic rings. The van der Waals surface area contributed by atoms with Crippen LogP contribution in [0.25, 0.3) is 0 Å². The topological polar surface area (TPSA) is 134 Å². The third-order valence-electron chi connectivity index (χ3n) is 12.3. The van der Waals surface area contributed by atoms with Crippen molar-refractivity contribution in [3.05, 3.63) is 24.3 Å². The lowest BCUT2D eigenvalue weighted by molar-refractivity contribution is -0.161. The number of phosphoric ester groups is 1. The molecule has 0 amide bonds. The third kappa shape index (κ3) is 51.7. The van der Waals surface area contributed by atoms with Gasteiger partial charge in [0.1, 0.15) is 6.61 Å². The van der Waals surface area contributed by atoms with E-state index in [4.69, 9.17) is 24.3 Å². The van der Waals surface area contributed by atoms with Crippen LogP contribution in [0.15, 0.2) is 24.3 Å². The number of hydrogen-bond donors (Lipinski definition) is 2. The van der Waals surface area contributed by atoms with E-state index in [9.17, 15) is 19.0 Å². The predicted molar refractivity (Wildman–Crippen MR) is 275 cm³/mol. The fraction of sp³-hybridized carbons (Fsp3) is 0.891. The van der Waals surface area contributed by atoms with Gasteiger partial charge >= 0.3 is 19.8 Å². The summed E-state index contributed by atoms with van der Waals surface area (Å²) in [4.78, 5) is 35.1. The quantitative estimate of drug-likeness (QED) is 0.0264. The lowest BCUT2D eigenvalue weighted by Crippen LogP contribution is -2.29. The smallest absolute Gasteiger partial charge is 0.462 e. The van der Waals surface area contributed by atoms with Crippen molar-refractivity contribution in [1.29, 1.82) is 0 Å². The molecule has 2 atom stereocenters. The monoisotopic (exact) mass is 940 g/mol. The SMILES string of the molecule is CCCCC/C=C\C/C=C\CCCCCCCCCC(=O)OC(COC(=O)CCCCCCCCCCCCCCCCCCCCCCCCCCCCC)COP(=O)(O)OCCN. The van der Waals surface area contributed by atoms with Gasteiger partial charge in [0.2, 0.25) is 0 Å². The van der Waals surface area contributed by atoms with E-state index < -0.39 is 26.5 Å². The Kier molecular flexibility index (Phi) is 50.7. The highest BCUT2D eigenvalue weighted by molar-refractivity contribution is 7.47. The Morgan fingerprint density at radius 3 is 1.20 bits per heavy atom. The van der Waals surface area contributed by atoms with Crippen LogP contribution in [0, 0.1) is 0 Å². The second-order valence-electron chi connectivity index (χ2n) is 18.8. The van der Waals surface area contributed by atoms with E-state index in [2.05, 4.69) is 38.2 Å². The summed E-state index contributed by atoms with van der Waals surface area (Å²) in [6, 6.07) is 0. The molecule has 2 unspecified atom stereocenters. The molecule has 10 heteroatoms. The summed E-state index contributed by atoms with van der Waals surface area (Å²) in [5.74, 6) is -0.822. The Balaban J connectivity index is 3.91. The first-order valence-electron chi connectivity index (χ1n) is 27.8. The Morgan fingerprint density at radius 1 is 0.462 bits per heavy atom. The Hall–Kier alpha value is -1.51. The highest BCUT2D eigenvalue weighted by atomic mass is 31.2. The largest absolute Gasteiger partial charge is 0.472 e. The highest BCUT2D eigenvalue weighted by Gasteiger charge is 2.26. The maximum atomic E-state index is 12.6. The van der Waals surface area contributed by atoms with Crippen LogP contribution in [-0.2, 0) is 32.7 Å². The fourth-order valence-electron chi connectivity index (χ4n) is 8.20. The molecule has 9 nitrogen and oxygen atoms in total. The number of carbonyl (C=O) groups excluding carboxylic acids is 2. The van der Waals surface area contributed by atoms with Gasteiger partial charge in [-0.25, -0.2) is 4.57 Å². The summed E-state index contributed by atoms with van der Waals surface area (Å²) in [5, 5.41) is 0. The molecule has 0 rings (SSSR count). The minimum absolute atomic E-state index is 0.0539. The van der Waals surface area contributed by atoms with Gasteiger partial charge in [0, 0.05) is 19.4 Å². The first-order chi connectivity index (χ1) is 31.8. The normalized spacial score (nSPS) is 13.2. The first-order valence-corrected chi connectivity index (χ1v) is 29.3. The molecule has 0 aromatic heterocycles. The van der Waals surface area contributed by atoms with Crippen molar-refractivity contribution in [2.45, 2.75) is 290 Å². The molecule has 0 bridgehead atoms. The van der Waals surface area contributed by atoms with Gasteiger partial charge in [-0.3, -0.25) is 18.6 Å². The summed E-state index contributed by atoms with van der Waals surface area (Å²) < 4.78 is 33.0. The van der Waals surface area contributed by atoms with E-state index in [1.807, 2.05) is 0 Å². The van der Waals surface area contributed by atoms with E-state index in [-0.39, 0.29) is 38.6 Å². The van der Waals surface area contributed by atoms with E-state index >= 15 is 0 Å².